The van der Waals surface area contributed by atoms with Gasteiger partial charge in [0, 0.05) is 24.1 Å². The summed E-state index contributed by atoms with van der Waals surface area (Å²) in [7, 11) is 0. The summed E-state index contributed by atoms with van der Waals surface area (Å²) in [6, 6.07) is 3.49. The minimum Gasteiger partial charge on any atom is -0.507 e. The molecule has 0 spiro atoms. The van der Waals surface area contributed by atoms with Crippen LogP contribution in [0.1, 0.15) is 36.8 Å². The Labute approximate surface area is 112 Å². The average molecular weight is 265 g/mol. The number of hydrogen-bond acceptors (Lipinski definition) is 3. The zero-order valence-corrected chi connectivity index (χ0v) is 11.2. The highest BCUT2D eigenvalue weighted by molar-refractivity contribution is 5.91. The SMILES string of the molecule is Cc1ccc(NC(=O)CCCCC(=O)O)c(C)c1O. The van der Waals surface area contributed by atoms with E-state index in [0.717, 1.165) is 5.56 Å². The van der Waals surface area contributed by atoms with Crippen molar-refractivity contribution in [1.29, 1.82) is 0 Å². The number of carbonyl (C=O) groups excluding carboxylic acids is 1. The van der Waals surface area contributed by atoms with Crippen LogP contribution in [0.2, 0.25) is 0 Å². The number of phenols is 1. The molecule has 1 aromatic rings. The third kappa shape index (κ3) is 4.62. The molecule has 0 aliphatic carbocycles. The number of aryl methyl sites for hydroxylation is 1. The van der Waals surface area contributed by atoms with Crippen molar-refractivity contribution in [2.75, 3.05) is 5.32 Å². The van der Waals surface area contributed by atoms with Crippen molar-refractivity contribution in [2.45, 2.75) is 39.5 Å². The fourth-order valence-electron chi connectivity index (χ4n) is 1.75. The monoisotopic (exact) mass is 265 g/mol. The van der Waals surface area contributed by atoms with Crippen LogP contribution in [0.3, 0.4) is 0 Å². The number of carboxylic acid groups (broad SMARTS) is 1. The van der Waals surface area contributed by atoms with Crippen molar-refractivity contribution in [3.8, 4) is 5.75 Å². The van der Waals surface area contributed by atoms with Gasteiger partial charge in [-0.25, -0.2) is 0 Å². The van der Waals surface area contributed by atoms with E-state index < -0.39 is 5.97 Å². The summed E-state index contributed by atoms with van der Waals surface area (Å²) < 4.78 is 0. The molecule has 0 aliphatic rings. The summed E-state index contributed by atoms with van der Waals surface area (Å²) in [5.74, 6) is -0.833. The molecular formula is C14H19NO4. The Bertz CT molecular complexity index is 483. The Hall–Kier alpha value is -2.04. The molecule has 3 N–H and O–H groups in total. The highest BCUT2D eigenvalue weighted by Crippen LogP contribution is 2.28. The molecule has 19 heavy (non-hydrogen) atoms. The van der Waals surface area contributed by atoms with Gasteiger partial charge < -0.3 is 15.5 Å². The molecule has 5 heteroatoms. The van der Waals surface area contributed by atoms with Crippen molar-refractivity contribution >= 4 is 17.6 Å². The first-order valence-electron chi connectivity index (χ1n) is 6.22. The van der Waals surface area contributed by atoms with Crippen LogP contribution in [0.15, 0.2) is 12.1 Å². The molecule has 1 aromatic carbocycles. The minimum absolute atomic E-state index is 0.0810. The molecule has 0 atom stereocenters. The number of anilines is 1. The van der Waals surface area contributed by atoms with E-state index >= 15 is 0 Å². The second-order valence-electron chi connectivity index (χ2n) is 4.55. The van der Waals surface area contributed by atoms with Gasteiger partial charge in [0.1, 0.15) is 5.75 Å². The molecule has 0 saturated carbocycles. The largest absolute Gasteiger partial charge is 0.507 e. The van der Waals surface area contributed by atoms with Crippen molar-refractivity contribution in [3.05, 3.63) is 23.3 Å². The molecule has 104 valence electrons. The number of benzene rings is 1. The van der Waals surface area contributed by atoms with Gasteiger partial charge in [0.25, 0.3) is 0 Å². The van der Waals surface area contributed by atoms with Crippen molar-refractivity contribution < 1.29 is 19.8 Å². The van der Waals surface area contributed by atoms with Gasteiger partial charge in [-0.2, -0.15) is 0 Å². The molecule has 0 fully saturated rings. The summed E-state index contributed by atoms with van der Waals surface area (Å²) in [5.41, 5.74) is 1.99. The van der Waals surface area contributed by atoms with Crippen molar-refractivity contribution in [3.63, 3.8) is 0 Å². The van der Waals surface area contributed by atoms with Crippen LogP contribution in [-0.4, -0.2) is 22.1 Å². The molecule has 1 rings (SSSR count). The molecule has 5 nitrogen and oxygen atoms in total. The van der Waals surface area contributed by atoms with E-state index in [4.69, 9.17) is 5.11 Å². The lowest BCUT2D eigenvalue weighted by Crippen LogP contribution is -2.12. The standard InChI is InChI=1S/C14H19NO4/c1-9-7-8-11(10(2)14(9)19)15-12(16)5-3-4-6-13(17)18/h7-8,19H,3-6H2,1-2H3,(H,15,16)(H,17,18). The zero-order valence-electron chi connectivity index (χ0n) is 11.2. The van der Waals surface area contributed by atoms with Gasteiger partial charge in [-0.05, 0) is 38.3 Å². The topological polar surface area (TPSA) is 86.6 Å². The fourth-order valence-corrected chi connectivity index (χ4v) is 1.75. The summed E-state index contributed by atoms with van der Waals surface area (Å²) in [4.78, 5) is 22.0. The van der Waals surface area contributed by atoms with Crippen LogP contribution in [0.4, 0.5) is 5.69 Å². The van der Waals surface area contributed by atoms with Crippen LogP contribution in [0.5, 0.6) is 5.75 Å². The quantitative estimate of drug-likeness (QED) is 0.690. The van der Waals surface area contributed by atoms with Gasteiger partial charge in [-0.15, -0.1) is 0 Å². The number of rotatable bonds is 6. The van der Waals surface area contributed by atoms with E-state index in [1.807, 2.05) is 0 Å². The van der Waals surface area contributed by atoms with E-state index in [1.54, 1.807) is 26.0 Å². The fraction of sp³-hybridized carbons (Fsp3) is 0.429. The third-order valence-corrected chi connectivity index (χ3v) is 2.95. The lowest BCUT2D eigenvalue weighted by molar-refractivity contribution is -0.137. The van der Waals surface area contributed by atoms with Crippen LogP contribution in [0.25, 0.3) is 0 Å². The van der Waals surface area contributed by atoms with Gasteiger partial charge in [-0.3, -0.25) is 9.59 Å². The Morgan fingerprint density at radius 3 is 2.42 bits per heavy atom. The first-order valence-corrected chi connectivity index (χ1v) is 6.22. The predicted molar refractivity (Wildman–Crippen MR) is 72.3 cm³/mol. The second-order valence-corrected chi connectivity index (χ2v) is 4.55. The molecule has 0 radical (unpaired) electrons. The van der Waals surface area contributed by atoms with E-state index in [2.05, 4.69) is 5.32 Å². The average Bonchev–Trinajstić information content (AvgIpc) is 2.35. The first kappa shape index (κ1) is 15.0. The number of carbonyl (C=O) groups is 2. The van der Waals surface area contributed by atoms with Gasteiger partial charge in [-0.1, -0.05) is 6.07 Å². The second kappa shape index (κ2) is 6.78. The molecule has 0 heterocycles. The maximum Gasteiger partial charge on any atom is 0.303 e. The first-order chi connectivity index (χ1) is 8.91. The number of aliphatic carboxylic acids is 1. The minimum atomic E-state index is -0.847. The zero-order chi connectivity index (χ0) is 14.4. The van der Waals surface area contributed by atoms with Gasteiger partial charge in [0.05, 0.1) is 0 Å². The molecule has 0 aromatic heterocycles. The van der Waals surface area contributed by atoms with E-state index in [-0.39, 0.29) is 24.5 Å². The number of aromatic hydroxyl groups is 1. The van der Waals surface area contributed by atoms with Gasteiger partial charge >= 0.3 is 5.97 Å². The third-order valence-electron chi connectivity index (χ3n) is 2.95. The highest BCUT2D eigenvalue weighted by atomic mass is 16.4. The summed E-state index contributed by atoms with van der Waals surface area (Å²) in [5, 5.41) is 21.0. The smallest absolute Gasteiger partial charge is 0.303 e. The van der Waals surface area contributed by atoms with Crippen molar-refractivity contribution in [2.24, 2.45) is 0 Å². The van der Waals surface area contributed by atoms with Crippen LogP contribution in [-0.2, 0) is 9.59 Å². The van der Waals surface area contributed by atoms with E-state index in [0.29, 0.717) is 24.1 Å². The Morgan fingerprint density at radius 1 is 1.16 bits per heavy atom. The normalized spacial score (nSPS) is 10.2. The van der Waals surface area contributed by atoms with E-state index in [1.165, 1.54) is 0 Å². The Kier molecular flexibility index (Phi) is 5.36. The maximum absolute atomic E-state index is 11.7. The van der Waals surface area contributed by atoms with Gasteiger partial charge in [0.2, 0.25) is 5.91 Å². The van der Waals surface area contributed by atoms with Crippen LogP contribution < -0.4 is 5.32 Å². The van der Waals surface area contributed by atoms with E-state index in [9.17, 15) is 14.7 Å². The van der Waals surface area contributed by atoms with Crippen LogP contribution in [0, 0.1) is 13.8 Å². The van der Waals surface area contributed by atoms with Crippen molar-refractivity contribution in [1.82, 2.24) is 0 Å². The summed E-state index contributed by atoms with van der Waals surface area (Å²) in [6.45, 7) is 3.53. The molecule has 0 aliphatic heterocycles. The number of hydrogen-bond donors (Lipinski definition) is 3. The number of unbranched alkanes of at least 4 members (excludes halogenated alkanes) is 1. The molecule has 1 amide bonds. The predicted octanol–water partition coefficient (Wildman–Crippen LogP) is 2.59. The Morgan fingerprint density at radius 2 is 1.79 bits per heavy atom. The number of phenolic OH excluding ortho intramolecular Hbond substituents is 1. The highest BCUT2D eigenvalue weighted by Gasteiger charge is 2.09. The molecule has 0 unspecified atom stereocenters. The summed E-state index contributed by atoms with van der Waals surface area (Å²) >= 11 is 0. The number of amides is 1. The lowest BCUT2D eigenvalue weighted by Gasteiger charge is -2.11. The molecular weight excluding hydrogens is 246 g/mol. The van der Waals surface area contributed by atoms with Crippen LogP contribution >= 0.6 is 0 Å². The number of carboxylic acids is 1. The lowest BCUT2D eigenvalue weighted by atomic mass is 10.1. The maximum atomic E-state index is 11.7. The Balaban J connectivity index is 2.49. The molecule has 0 bridgehead atoms. The number of nitrogens with one attached hydrogen (secondary N) is 1. The summed E-state index contributed by atoms with van der Waals surface area (Å²) in [6.07, 6.45) is 1.38. The molecule has 0 saturated heterocycles. The van der Waals surface area contributed by atoms with Gasteiger partial charge in [0.15, 0.2) is 0 Å².